The number of aromatic nitrogens is 2. The van der Waals surface area contributed by atoms with Gasteiger partial charge in [0.1, 0.15) is 22.1 Å². The lowest BCUT2D eigenvalue weighted by molar-refractivity contribution is 0.0702. The normalized spacial score (nSPS) is 14.8. The van der Waals surface area contributed by atoms with Crippen LogP contribution in [0.4, 0.5) is 5.95 Å². The Balaban J connectivity index is 1.58. The molecule has 1 fully saturated rings. The van der Waals surface area contributed by atoms with Gasteiger partial charge < -0.3 is 20.9 Å². The number of aromatic carboxylic acids is 1. The highest BCUT2D eigenvalue weighted by atomic mass is 35.5. The third kappa shape index (κ3) is 5.03. The third-order valence-corrected chi connectivity index (χ3v) is 6.92. The van der Waals surface area contributed by atoms with E-state index in [1.54, 1.807) is 12.1 Å². The average molecular weight is 481 g/mol. The second-order valence-corrected chi connectivity index (χ2v) is 9.31. The molecule has 164 valence electrons. The van der Waals surface area contributed by atoms with Crippen LogP contribution in [0.15, 0.2) is 18.2 Å². The molecule has 0 saturated heterocycles. The van der Waals surface area contributed by atoms with Gasteiger partial charge in [0.15, 0.2) is 0 Å². The molecule has 0 aliphatic heterocycles. The molecule has 3 aromatic rings. The molecule has 1 saturated carbocycles. The summed E-state index contributed by atoms with van der Waals surface area (Å²) in [5.41, 5.74) is 6.86. The number of hydrogen-bond acceptors (Lipinski definition) is 7. The maximum Gasteiger partial charge on any atom is 0.345 e. The van der Waals surface area contributed by atoms with Crippen LogP contribution in [0.1, 0.15) is 41.8 Å². The fourth-order valence-electron chi connectivity index (χ4n) is 3.80. The van der Waals surface area contributed by atoms with Crippen LogP contribution in [0.3, 0.4) is 0 Å². The van der Waals surface area contributed by atoms with E-state index in [0.29, 0.717) is 49.9 Å². The highest BCUT2D eigenvalue weighted by Gasteiger charge is 2.19. The number of halogens is 2. The van der Waals surface area contributed by atoms with Crippen molar-refractivity contribution in [2.24, 2.45) is 0 Å². The van der Waals surface area contributed by atoms with E-state index in [4.69, 9.17) is 33.7 Å². The Labute approximate surface area is 193 Å². The number of anilines is 1. The highest BCUT2D eigenvalue weighted by Crippen LogP contribution is 2.40. The molecule has 1 aliphatic rings. The number of nitrogens with zero attached hydrogens (tertiary/aromatic N) is 2. The molecule has 2 aromatic heterocycles. The molecule has 0 radical (unpaired) electrons. The number of carboxylic acid groups (broad SMARTS) is 1. The van der Waals surface area contributed by atoms with Crippen LogP contribution in [0.5, 0.6) is 5.75 Å². The Morgan fingerprint density at radius 1 is 1.19 bits per heavy atom. The van der Waals surface area contributed by atoms with Gasteiger partial charge in [-0.1, -0.05) is 42.5 Å². The zero-order valence-electron chi connectivity index (χ0n) is 16.7. The SMILES string of the molecule is Nc1nc(-c2cc(OCCNC3CCCCC3)c(Cl)cc2Cl)c2cc(C(=O)O)sc2n1. The van der Waals surface area contributed by atoms with Crippen molar-refractivity contribution >= 4 is 56.7 Å². The summed E-state index contributed by atoms with van der Waals surface area (Å²) in [4.78, 5) is 20.5. The number of carbonyl (C=O) groups is 1. The summed E-state index contributed by atoms with van der Waals surface area (Å²) in [5.74, 6) is -0.527. The van der Waals surface area contributed by atoms with Crippen molar-refractivity contribution in [3.05, 3.63) is 33.1 Å². The van der Waals surface area contributed by atoms with E-state index in [-0.39, 0.29) is 10.8 Å². The van der Waals surface area contributed by atoms with Gasteiger partial charge in [-0.25, -0.2) is 14.8 Å². The monoisotopic (exact) mass is 480 g/mol. The maximum atomic E-state index is 11.4. The summed E-state index contributed by atoms with van der Waals surface area (Å²) in [6, 6.07) is 5.38. The first kappa shape index (κ1) is 22.1. The van der Waals surface area contributed by atoms with Crippen molar-refractivity contribution < 1.29 is 14.6 Å². The molecule has 4 rings (SSSR count). The molecule has 0 spiro atoms. The van der Waals surface area contributed by atoms with Gasteiger partial charge in [-0.3, -0.25) is 0 Å². The van der Waals surface area contributed by atoms with Crippen molar-refractivity contribution in [2.45, 2.75) is 38.1 Å². The zero-order chi connectivity index (χ0) is 22.0. The molecule has 0 amide bonds. The van der Waals surface area contributed by atoms with Gasteiger partial charge in [0.25, 0.3) is 0 Å². The van der Waals surface area contributed by atoms with Crippen LogP contribution in [0.25, 0.3) is 21.5 Å². The summed E-state index contributed by atoms with van der Waals surface area (Å²) in [6.45, 7) is 1.18. The number of ether oxygens (including phenoxy) is 1. The lowest BCUT2D eigenvalue weighted by Gasteiger charge is -2.23. The summed E-state index contributed by atoms with van der Waals surface area (Å²) < 4.78 is 5.91. The van der Waals surface area contributed by atoms with Gasteiger partial charge in [-0.15, -0.1) is 11.3 Å². The van der Waals surface area contributed by atoms with E-state index in [9.17, 15) is 9.90 Å². The second-order valence-electron chi connectivity index (χ2n) is 7.47. The van der Waals surface area contributed by atoms with Gasteiger partial charge in [0, 0.05) is 23.5 Å². The molecule has 0 unspecified atom stereocenters. The molecule has 7 nitrogen and oxygen atoms in total. The lowest BCUT2D eigenvalue weighted by Crippen LogP contribution is -2.34. The number of thiophene rings is 1. The largest absolute Gasteiger partial charge is 0.491 e. The standard InChI is InChI=1S/C21H22Cl2N4O3S/c22-14-10-15(23)16(30-7-6-25-11-4-2-1-3-5-11)8-12(14)18-13-9-17(20(28)29)31-19(13)27-21(24)26-18/h8-11,25H,1-7H2,(H,28,29)(H2,24,26,27). The molecule has 2 heterocycles. The predicted molar refractivity (Wildman–Crippen MR) is 125 cm³/mol. The van der Waals surface area contributed by atoms with Crippen LogP contribution in [-0.2, 0) is 0 Å². The van der Waals surface area contributed by atoms with Crippen molar-refractivity contribution in [2.75, 3.05) is 18.9 Å². The maximum absolute atomic E-state index is 11.4. The first-order chi connectivity index (χ1) is 14.9. The third-order valence-electron chi connectivity index (χ3n) is 5.30. The van der Waals surface area contributed by atoms with E-state index in [0.717, 1.165) is 17.9 Å². The Kier molecular flexibility index (Phi) is 6.81. The number of hydrogen-bond donors (Lipinski definition) is 3. The Morgan fingerprint density at radius 3 is 2.71 bits per heavy atom. The molecular formula is C21H22Cl2N4O3S. The predicted octanol–water partition coefficient (Wildman–Crippen LogP) is 5.25. The van der Waals surface area contributed by atoms with Gasteiger partial charge in [-0.2, -0.15) is 0 Å². The van der Waals surface area contributed by atoms with E-state index in [2.05, 4.69) is 15.3 Å². The van der Waals surface area contributed by atoms with Gasteiger partial charge in [-0.05, 0) is 31.0 Å². The Hall–Kier alpha value is -2.13. The number of rotatable bonds is 7. The van der Waals surface area contributed by atoms with Crippen molar-refractivity contribution in [3.8, 4) is 17.0 Å². The van der Waals surface area contributed by atoms with Gasteiger partial charge in [0.2, 0.25) is 5.95 Å². The van der Waals surface area contributed by atoms with E-state index in [1.807, 2.05) is 0 Å². The summed E-state index contributed by atoms with van der Waals surface area (Å²) in [5, 5.41) is 14.2. The molecule has 10 heteroatoms. The number of nitrogen functional groups attached to an aromatic ring is 1. The number of nitrogens with two attached hydrogens (primary N) is 1. The molecule has 31 heavy (non-hydrogen) atoms. The highest BCUT2D eigenvalue weighted by molar-refractivity contribution is 7.20. The first-order valence-corrected chi connectivity index (χ1v) is 11.7. The minimum absolute atomic E-state index is 0.0338. The molecule has 1 aromatic carbocycles. The van der Waals surface area contributed by atoms with Crippen molar-refractivity contribution in [1.29, 1.82) is 0 Å². The summed E-state index contributed by atoms with van der Waals surface area (Å²) in [6.07, 6.45) is 6.27. The van der Waals surface area contributed by atoms with Crippen molar-refractivity contribution in [3.63, 3.8) is 0 Å². The van der Waals surface area contributed by atoms with E-state index < -0.39 is 5.97 Å². The molecule has 1 aliphatic carbocycles. The quantitative estimate of drug-likeness (QED) is 0.396. The van der Waals surface area contributed by atoms with Gasteiger partial charge >= 0.3 is 5.97 Å². The average Bonchev–Trinajstić information content (AvgIpc) is 3.17. The van der Waals surface area contributed by atoms with Crippen LogP contribution >= 0.6 is 34.5 Å². The second kappa shape index (κ2) is 9.56. The number of fused-ring (bicyclic) bond motifs is 1. The fourth-order valence-corrected chi connectivity index (χ4v) is 5.20. The lowest BCUT2D eigenvalue weighted by atomic mass is 9.96. The number of carboxylic acids is 1. The minimum atomic E-state index is -1.04. The van der Waals surface area contributed by atoms with E-state index in [1.165, 1.54) is 38.2 Å². The number of nitrogens with one attached hydrogen (secondary N) is 1. The first-order valence-electron chi connectivity index (χ1n) is 10.1. The van der Waals surface area contributed by atoms with Crippen LogP contribution in [0.2, 0.25) is 10.0 Å². The number of benzene rings is 1. The molecule has 4 N–H and O–H groups in total. The summed E-state index contributed by atoms with van der Waals surface area (Å²) in [7, 11) is 0. The fraction of sp³-hybridized carbons (Fsp3) is 0.381. The smallest absolute Gasteiger partial charge is 0.345 e. The Morgan fingerprint density at radius 2 is 1.97 bits per heavy atom. The summed E-state index contributed by atoms with van der Waals surface area (Å²) >= 11 is 13.8. The minimum Gasteiger partial charge on any atom is -0.491 e. The van der Waals surface area contributed by atoms with Gasteiger partial charge in [0.05, 0.1) is 15.7 Å². The van der Waals surface area contributed by atoms with Crippen LogP contribution < -0.4 is 15.8 Å². The van der Waals surface area contributed by atoms with Crippen LogP contribution in [-0.4, -0.2) is 40.2 Å². The van der Waals surface area contributed by atoms with Crippen LogP contribution in [0, 0.1) is 0 Å². The Bertz CT molecular complexity index is 1120. The molecule has 0 bridgehead atoms. The van der Waals surface area contributed by atoms with E-state index >= 15 is 0 Å². The van der Waals surface area contributed by atoms with Crippen molar-refractivity contribution in [1.82, 2.24) is 15.3 Å². The topological polar surface area (TPSA) is 110 Å². The zero-order valence-corrected chi connectivity index (χ0v) is 19.0. The molecular weight excluding hydrogens is 459 g/mol. The molecule has 0 atom stereocenters.